The SMILES string of the molecule is CN=C(NCc1ccsc1)N1CCC(COC)C1.I. The second-order valence-electron chi connectivity index (χ2n) is 4.59. The lowest BCUT2D eigenvalue weighted by molar-refractivity contribution is 0.157. The Balaban J connectivity index is 0.00000180. The zero-order valence-electron chi connectivity index (χ0n) is 11.5. The molecule has 1 N–H and O–H groups in total. The third-order valence-corrected chi connectivity index (χ3v) is 3.96. The molecule has 1 aliphatic heterocycles. The van der Waals surface area contributed by atoms with E-state index in [2.05, 4.69) is 32.0 Å². The molecule has 1 aromatic heterocycles. The number of hydrogen-bond acceptors (Lipinski definition) is 3. The Kier molecular flexibility index (Phi) is 7.70. The first-order valence-corrected chi connectivity index (χ1v) is 7.23. The van der Waals surface area contributed by atoms with Gasteiger partial charge in [-0.25, -0.2) is 0 Å². The lowest BCUT2D eigenvalue weighted by Crippen LogP contribution is -2.39. The van der Waals surface area contributed by atoms with E-state index in [0.29, 0.717) is 5.92 Å². The van der Waals surface area contributed by atoms with Crippen molar-refractivity contribution in [3.8, 4) is 0 Å². The molecule has 0 aliphatic carbocycles. The first-order chi connectivity index (χ1) is 8.83. The molecule has 0 amide bonds. The van der Waals surface area contributed by atoms with Crippen LogP contribution in [-0.4, -0.2) is 44.7 Å². The summed E-state index contributed by atoms with van der Waals surface area (Å²) in [6, 6.07) is 2.14. The Bertz CT molecular complexity index is 383. The molecule has 19 heavy (non-hydrogen) atoms. The van der Waals surface area contributed by atoms with Crippen LogP contribution in [0.4, 0.5) is 0 Å². The van der Waals surface area contributed by atoms with Crippen molar-refractivity contribution in [2.45, 2.75) is 13.0 Å². The highest BCUT2D eigenvalue weighted by Gasteiger charge is 2.24. The molecule has 108 valence electrons. The van der Waals surface area contributed by atoms with Crippen LogP contribution in [0.25, 0.3) is 0 Å². The fourth-order valence-corrected chi connectivity index (χ4v) is 2.97. The molecule has 0 radical (unpaired) electrons. The van der Waals surface area contributed by atoms with Crippen molar-refractivity contribution < 1.29 is 4.74 Å². The van der Waals surface area contributed by atoms with Gasteiger partial charge in [0.15, 0.2) is 5.96 Å². The topological polar surface area (TPSA) is 36.9 Å². The molecule has 1 fully saturated rings. The molecule has 6 heteroatoms. The van der Waals surface area contributed by atoms with Gasteiger partial charge in [-0.3, -0.25) is 4.99 Å². The van der Waals surface area contributed by atoms with Crippen molar-refractivity contribution in [1.29, 1.82) is 0 Å². The molecule has 2 rings (SSSR count). The number of likely N-dealkylation sites (tertiary alicyclic amines) is 1. The maximum Gasteiger partial charge on any atom is 0.193 e. The number of ether oxygens (including phenoxy) is 1. The fourth-order valence-electron chi connectivity index (χ4n) is 2.30. The number of thiophene rings is 1. The third-order valence-electron chi connectivity index (χ3n) is 3.23. The third kappa shape index (κ3) is 4.92. The molecule has 4 nitrogen and oxygen atoms in total. The van der Waals surface area contributed by atoms with Gasteiger partial charge in [-0.15, -0.1) is 24.0 Å². The van der Waals surface area contributed by atoms with E-state index >= 15 is 0 Å². The Hall–Kier alpha value is -0.340. The number of nitrogens with zero attached hydrogens (tertiary/aromatic N) is 2. The zero-order chi connectivity index (χ0) is 12.8. The molecule has 1 aromatic rings. The van der Waals surface area contributed by atoms with E-state index in [4.69, 9.17) is 4.74 Å². The molecule has 2 heterocycles. The van der Waals surface area contributed by atoms with Gasteiger partial charge in [0.1, 0.15) is 0 Å². The maximum atomic E-state index is 5.22. The summed E-state index contributed by atoms with van der Waals surface area (Å²) in [5.41, 5.74) is 1.31. The smallest absolute Gasteiger partial charge is 0.193 e. The van der Waals surface area contributed by atoms with E-state index in [1.165, 1.54) is 12.0 Å². The molecule has 1 atom stereocenters. The molecule has 1 saturated heterocycles. The van der Waals surface area contributed by atoms with Gasteiger partial charge >= 0.3 is 0 Å². The molecule has 1 aliphatic rings. The predicted octanol–water partition coefficient (Wildman–Crippen LogP) is 2.41. The first-order valence-electron chi connectivity index (χ1n) is 6.29. The van der Waals surface area contributed by atoms with Gasteiger partial charge in [0.05, 0.1) is 6.61 Å². The summed E-state index contributed by atoms with van der Waals surface area (Å²) in [6.07, 6.45) is 1.19. The second kappa shape index (κ2) is 8.76. The summed E-state index contributed by atoms with van der Waals surface area (Å²) in [5.74, 6) is 1.63. The lowest BCUT2D eigenvalue weighted by atomic mass is 10.1. The zero-order valence-corrected chi connectivity index (χ0v) is 14.6. The van der Waals surface area contributed by atoms with Crippen LogP contribution in [0.3, 0.4) is 0 Å². The highest BCUT2D eigenvalue weighted by molar-refractivity contribution is 14.0. The van der Waals surface area contributed by atoms with Gasteiger partial charge < -0.3 is 15.0 Å². The molecule has 0 saturated carbocycles. The molecule has 0 bridgehead atoms. The first kappa shape index (κ1) is 16.7. The van der Waals surface area contributed by atoms with Crippen LogP contribution in [0, 0.1) is 5.92 Å². The molecular formula is C13H22IN3OS. The highest BCUT2D eigenvalue weighted by Crippen LogP contribution is 2.16. The van der Waals surface area contributed by atoms with Crippen molar-refractivity contribution in [2.75, 3.05) is 33.9 Å². The van der Waals surface area contributed by atoms with Gasteiger partial charge in [-0.1, -0.05) is 0 Å². The van der Waals surface area contributed by atoms with E-state index in [-0.39, 0.29) is 24.0 Å². The monoisotopic (exact) mass is 395 g/mol. The van der Waals surface area contributed by atoms with E-state index in [1.807, 2.05) is 7.05 Å². The summed E-state index contributed by atoms with van der Waals surface area (Å²) in [5, 5.41) is 7.68. The van der Waals surface area contributed by atoms with E-state index in [1.54, 1.807) is 18.4 Å². The van der Waals surface area contributed by atoms with Crippen LogP contribution in [0.1, 0.15) is 12.0 Å². The summed E-state index contributed by atoms with van der Waals surface area (Å²) in [6.45, 7) is 3.80. The minimum Gasteiger partial charge on any atom is -0.384 e. The Morgan fingerprint density at radius 1 is 1.63 bits per heavy atom. The number of rotatable bonds is 4. The predicted molar refractivity (Wildman–Crippen MR) is 91.5 cm³/mol. The van der Waals surface area contributed by atoms with Crippen LogP contribution in [-0.2, 0) is 11.3 Å². The summed E-state index contributed by atoms with van der Waals surface area (Å²) in [7, 11) is 3.62. The standard InChI is InChI=1S/C13H21N3OS.HI/c1-14-13(15-7-11-4-6-18-10-11)16-5-3-12(8-16)9-17-2;/h4,6,10,12H,3,5,7-9H2,1-2H3,(H,14,15);1H. The van der Waals surface area contributed by atoms with Crippen LogP contribution in [0.2, 0.25) is 0 Å². The number of nitrogens with one attached hydrogen (secondary N) is 1. The lowest BCUT2D eigenvalue weighted by Gasteiger charge is -2.21. The minimum absolute atomic E-state index is 0. The van der Waals surface area contributed by atoms with Crippen LogP contribution >= 0.6 is 35.3 Å². The Labute approximate surface area is 136 Å². The van der Waals surface area contributed by atoms with E-state index in [0.717, 1.165) is 32.2 Å². The minimum atomic E-state index is 0. The van der Waals surface area contributed by atoms with Crippen LogP contribution < -0.4 is 5.32 Å². The number of guanidine groups is 1. The average molecular weight is 395 g/mol. The van der Waals surface area contributed by atoms with Gasteiger partial charge in [0.25, 0.3) is 0 Å². The van der Waals surface area contributed by atoms with E-state index < -0.39 is 0 Å². The normalized spacial score (nSPS) is 19.4. The summed E-state index contributed by atoms with van der Waals surface area (Å²) >= 11 is 1.73. The quantitative estimate of drug-likeness (QED) is 0.483. The van der Waals surface area contributed by atoms with Gasteiger partial charge in [0.2, 0.25) is 0 Å². The number of methoxy groups -OCH3 is 1. The van der Waals surface area contributed by atoms with Crippen molar-refractivity contribution >= 4 is 41.3 Å². The highest BCUT2D eigenvalue weighted by atomic mass is 127. The maximum absolute atomic E-state index is 5.22. The average Bonchev–Trinajstić information content (AvgIpc) is 3.02. The number of aliphatic imine (C=N–C) groups is 1. The molecule has 0 aromatic carbocycles. The van der Waals surface area contributed by atoms with Crippen molar-refractivity contribution in [3.63, 3.8) is 0 Å². The van der Waals surface area contributed by atoms with Gasteiger partial charge in [-0.2, -0.15) is 11.3 Å². The van der Waals surface area contributed by atoms with Crippen LogP contribution in [0.15, 0.2) is 21.8 Å². The molecule has 0 spiro atoms. The molecular weight excluding hydrogens is 373 g/mol. The second-order valence-corrected chi connectivity index (χ2v) is 5.37. The number of hydrogen-bond donors (Lipinski definition) is 1. The Morgan fingerprint density at radius 2 is 2.47 bits per heavy atom. The van der Waals surface area contributed by atoms with E-state index in [9.17, 15) is 0 Å². The fraction of sp³-hybridized carbons (Fsp3) is 0.615. The largest absolute Gasteiger partial charge is 0.384 e. The van der Waals surface area contributed by atoms with Crippen molar-refractivity contribution in [2.24, 2.45) is 10.9 Å². The van der Waals surface area contributed by atoms with Crippen LogP contribution in [0.5, 0.6) is 0 Å². The Morgan fingerprint density at radius 3 is 3.11 bits per heavy atom. The van der Waals surface area contributed by atoms with Gasteiger partial charge in [0, 0.05) is 39.7 Å². The van der Waals surface area contributed by atoms with Crippen molar-refractivity contribution in [1.82, 2.24) is 10.2 Å². The summed E-state index contributed by atoms with van der Waals surface area (Å²) < 4.78 is 5.22. The van der Waals surface area contributed by atoms with Crippen molar-refractivity contribution in [3.05, 3.63) is 22.4 Å². The van der Waals surface area contributed by atoms with Gasteiger partial charge in [-0.05, 0) is 28.8 Å². The summed E-state index contributed by atoms with van der Waals surface area (Å²) in [4.78, 5) is 6.67. The number of halogens is 1. The molecule has 1 unspecified atom stereocenters.